The van der Waals surface area contributed by atoms with E-state index in [0.29, 0.717) is 12.8 Å². The molecule has 1 aromatic carbocycles. The fourth-order valence-electron chi connectivity index (χ4n) is 4.45. The van der Waals surface area contributed by atoms with Crippen molar-refractivity contribution < 1.29 is 33.9 Å². The van der Waals surface area contributed by atoms with E-state index >= 15 is 0 Å². The summed E-state index contributed by atoms with van der Waals surface area (Å²) < 4.78 is 0. The molecule has 1 aromatic rings. The second-order valence-corrected chi connectivity index (χ2v) is 10.4. The summed E-state index contributed by atoms with van der Waals surface area (Å²) in [5, 5.41) is 17.2. The van der Waals surface area contributed by atoms with Gasteiger partial charge in [0.05, 0.1) is 12.6 Å². The highest BCUT2D eigenvalue weighted by Gasteiger charge is 2.36. The number of likely N-dealkylation sites (tertiary alicyclic amines) is 1. The molecule has 0 aliphatic carbocycles. The number of carboxylic acids is 1. The van der Waals surface area contributed by atoms with E-state index in [1.165, 1.54) is 4.90 Å². The number of rotatable bonds is 15. The van der Waals surface area contributed by atoms with Gasteiger partial charge in [-0.1, -0.05) is 44.2 Å². The van der Waals surface area contributed by atoms with Crippen molar-refractivity contribution in [2.75, 3.05) is 13.1 Å². The number of nitrogens with two attached hydrogens (primary N) is 2. The molecule has 5 amide bonds. The zero-order chi connectivity index (χ0) is 29.8. The molecule has 4 atom stereocenters. The van der Waals surface area contributed by atoms with Crippen LogP contribution < -0.4 is 27.4 Å². The largest absolute Gasteiger partial charge is 0.480 e. The molecule has 2 rings (SSSR count). The van der Waals surface area contributed by atoms with Crippen molar-refractivity contribution in [3.05, 3.63) is 35.9 Å². The first-order chi connectivity index (χ1) is 18.9. The lowest BCUT2D eigenvalue weighted by atomic mass is 10.0. The third-order valence-corrected chi connectivity index (χ3v) is 6.57. The van der Waals surface area contributed by atoms with Gasteiger partial charge >= 0.3 is 5.97 Å². The van der Waals surface area contributed by atoms with E-state index < -0.39 is 66.2 Å². The lowest BCUT2D eigenvalue weighted by molar-refractivity contribution is -0.143. The monoisotopic (exact) mass is 560 g/mol. The van der Waals surface area contributed by atoms with Gasteiger partial charge in [-0.25, -0.2) is 4.79 Å². The van der Waals surface area contributed by atoms with Crippen LogP contribution in [0.2, 0.25) is 0 Å². The van der Waals surface area contributed by atoms with Crippen LogP contribution in [0, 0.1) is 5.92 Å². The van der Waals surface area contributed by atoms with Crippen LogP contribution in [0.4, 0.5) is 0 Å². The summed E-state index contributed by atoms with van der Waals surface area (Å²) >= 11 is 0. The lowest BCUT2D eigenvalue weighted by Gasteiger charge is -2.27. The SMILES string of the molecule is CC(C)C[C@H](NC(=O)[C@H](Cc1ccccc1)NC(=O)[C@@H]1CCCN1C(=O)CNC(=O)[C@@H](N)CCC(N)=O)C(=O)O. The molecule has 13 nitrogen and oxygen atoms in total. The summed E-state index contributed by atoms with van der Waals surface area (Å²) in [7, 11) is 0. The van der Waals surface area contributed by atoms with Crippen molar-refractivity contribution in [2.45, 2.75) is 76.5 Å². The number of amides is 5. The van der Waals surface area contributed by atoms with Gasteiger partial charge in [0.15, 0.2) is 0 Å². The molecule has 1 heterocycles. The Bertz CT molecular complexity index is 1060. The summed E-state index contributed by atoms with van der Waals surface area (Å²) in [6.07, 6.45) is 1.20. The van der Waals surface area contributed by atoms with Gasteiger partial charge in [0, 0.05) is 19.4 Å². The summed E-state index contributed by atoms with van der Waals surface area (Å²) in [5.74, 6) is -4.07. The fourth-order valence-corrected chi connectivity index (χ4v) is 4.45. The molecule has 1 fully saturated rings. The molecule has 8 N–H and O–H groups in total. The topological polar surface area (TPSA) is 214 Å². The summed E-state index contributed by atoms with van der Waals surface area (Å²) in [4.78, 5) is 75.5. The van der Waals surface area contributed by atoms with Crippen LogP contribution in [0.15, 0.2) is 30.3 Å². The Labute approximate surface area is 233 Å². The van der Waals surface area contributed by atoms with Crippen LogP contribution in [-0.4, -0.2) is 82.8 Å². The predicted octanol–water partition coefficient (Wildman–Crippen LogP) is -0.971. The maximum absolute atomic E-state index is 13.3. The average molecular weight is 561 g/mol. The van der Waals surface area contributed by atoms with Crippen molar-refractivity contribution in [2.24, 2.45) is 17.4 Å². The average Bonchev–Trinajstić information content (AvgIpc) is 3.40. The Morgan fingerprint density at radius 3 is 2.30 bits per heavy atom. The summed E-state index contributed by atoms with van der Waals surface area (Å²) in [6, 6.07) is 4.88. The predicted molar refractivity (Wildman–Crippen MR) is 145 cm³/mol. The molecule has 0 aromatic heterocycles. The minimum Gasteiger partial charge on any atom is -0.480 e. The van der Waals surface area contributed by atoms with Crippen molar-refractivity contribution in [3.8, 4) is 0 Å². The van der Waals surface area contributed by atoms with Crippen molar-refractivity contribution in [3.63, 3.8) is 0 Å². The summed E-state index contributed by atoms with van der Waals surface area (Å²) in [6.45, 7) is 3.57. The van der Waals surface area contributed by atoms with E-state index in [9.17, 15) is 33.9 Å². The Hall–Kier alpha value is -4.00. The third kappa shape index (κ3) is 10.3. The van der Waals surface area contributed by atoms with Gasteiger partial charge < -0.3 is 37.4 Å². The molecule has 1 aliphatic heterocycles. The first kappa shape index (κ1) is 32.2. The number of hydrogen-bond acceptors (Lipinski definition) is 7. The van der Waals surface area contributed by atoms with E-state index in [0.717, 1.165) is 5.56 Å². The van der Waals surface area contributed by atoms with Crippen LogP contribution in [0.5, 0.6) is 0 Å². The van der Waals surface area contributed by atoms with Gasteiger partial charge in [-0.15, -0.1) is 0 Å². The molecule has 1 saturated heterocycles. The fraction of sp³-hybridized carbons (Fsp3) is 0.556. The van der Waals surface area contributed by atoms with Crippen molar-refractivity contribution >= 4 is 35.5 Å². The molecule has 1 aliphatic rings. The number of carbonyl (C=O) groups is 6. The maximum atomic E-state index is 13.3. The van der Waals surface area contributed by atoms with Crippen molar-refractivity contribution in [1.82, 2.24) is 20.9 Å². The number of carbonyl (C=O) groups excluding carboxylic acids is 5. The molecule has 13 heteroatoms. The molecule has 0 spiro atoms. The highest BCUT2D eigenvalue weighted by atomic mass is 16.4. The quantitative estimate of drug-likeness (QED) is 0.157. The van der Waals surface area contributed by atoms with E-state index in [1.54, 1.807) is 24.3 Å². The minimum absolute atomic E-state index is 0.0137. The first-order valence-electron chi connectivity index (χ1n) is 13.4. The van der Waals surface area contributed by atoms with Crippen LogP contribution >= 0.6 is 0 Å². The van der Waals surface area contributed by atoms with Gasteiger partial charge in [-0.05, 0) is 37.2 Å². The van der Waals surface area contributed by atoms with Gasteiger partial charge in [0.2, 0.25) is 29.5 Å². The van der Waals surface area contributed by atoms with Crippen LogP contribution in [-0.2, 0) is 35.2 Å². The number of primary amides is 1. The number of aliphatic carboxylic acids is 1. The third-order valence-electron chi connectivity index (χ3n) is 6.57. The van der Waals surface area contributed by atoms with Gasteiger partial charge in [0.1, 0.15) is 18.1 Å². The summed E-state index contributed by atoms with van der Waals surface area (Å²) in [5.41, 5.74) is 11.5. The zero-order valence-corrected chi connectivity index (χ0v) is 22.9. The van der Waals surface area contributed by atoms with Crippen LogP contribution in [0.1, 0.15) is 51.5 Å². The van der Waals surface area contributed by atoms with E-state index in [1.807, 2.05) is 19.9 Å². The Balaban J connectivity index is 2.08. The van der Waals surface area contributed by atoms with E-state index in [4.69, 9.17) is 11.5 Å². The second kappa shape index (κ2) is 15.6. The van der Waals surface area contributed by atoms with Crippen molar-refractivity contribution in [1.29, 1.82) is 0 Å². The number of hydrogen-bond donors (Lipinski definition) is 6. The first-order valence-corrected chi connectivity index (χ1v) is 13.4. The molecular weight excluding hydrogens is 520 g/mol. The lowest BCUT2D eigenvalue weighted by Crippen LogP contribution is -2.56. The highest BCUT2D eigenvalue weighted by molar-refractivity contribution is 5.95. The normalized spacial score (nSPS) is 17.0. The van der Waals surface area contributed by atoms with E-state index in [-0.39, 0.29) is 38.1 Å². The smallest absolute Gasteiger partial charge is 0.326 e. The van der Waals surface area contributed by atoms with Crippen LogP contribution in [0.25, 0.3) is 0 Å². The molecule has 220 valence electrons. The highest BCUT2D eigenvalue weighted by Crippen LogP contribution is 2.18. The Morgan fingerprint density at radius 2 is 1.70 bits per heavy atom. The Morgan fingerprint density at radius 1 is 1.02 bits per heavy atom. The number of nitrogens with one attached hydrogen (secondary N) is 3. The maximum Gasteiger partial charge on any atom is 0.326 e. The van der Waals surface area contributed by atoms with Gasteiger partial charge in [-0.2, -0.15) is 0 Å². The molecule has 0 radical (unpaired) electrons. The number of benzene rings is 1. The van der Waals surface area contributed by atoms with Crippen LogP contribution in [0.3, 0.4) is 0 Å². The molecule has 0 bridgehead atoms. The second-order valence-electron chi connectivity index (χ2n) is 10.4. The number of carboxylic acid groups (broad SMARTS) is 1. The molecule has 40 heavy (non-hydrogen) atoms. The zero-order valence-electron chi connectivity index (χ0n) is 22.9. The van der Waals surface area contributed by atoms with Gasteiger partial charge in [0.25, 0.3) is 0 Å². The molecule has 0 unspecified atom stereocenters. The molecular formula is C27H40N6O7. The number of nitrogens with zero attached hydrogens (tertiary/aromatic N) is 1. The van der Waals surface area contributed by atoms with E-state index in [2.05, 4.69) is 16.0 Å². The molecule has 0 saturated carbocycles. The Kier molecular flexibility index (Phi) is 12.5. The standard InChI is InChI=1S/C27H40N6O7/c1-16(2)13-20(27(39)40)32-25(37)19(14-17-7-4-3-5-8-17)31-26(38)21-9-6-12-33(21)23(35)15-30-24(36)18(28)10-11-22(29)34/h3-5,7-8,16,18-21H,6,9-15,28H2,1-2H3,(H2,29,34)(H,30,36)(H,31,38)(H,32,37)(H,39,40)/t18-,19-,20-,21-/m0/s1. The minimum atomic E-state index is -1.17. The van der Waals surface area contributed by atoms with Gasteiger partial charge in [-0.3, -0.25) is 24.0 Å².